The Morgan fingerprint density at radius 1 is 1.04 bits per heavy atom. The number of thiazole rings is 1. The first-order valence-electron chi connectivity index (χ1n) is 7.45. The van der Waals surface area contributed by atoms with E-state index in [9.17, 15) is 31.1 Å². The molecule has 0 amide bonds. The maximum absolute atomic E-state index is 12.9. The smallest absolute Gasteiger partial charge is 0.379 e. The molecule has 3 rings (SSSR count). The molecule has 27 heavy (non-hydrogen) atoms. The van der Waals surface area contributed by atoms with Gasteiger partial charge in [0.1, 0.15) is 0 Å². The molecule has 0 unspecified atom stereocenters. The van der Waals surface area contributed by atoms with E-state index in [2.05, 4.69) is 10.3 Å². The van der Waals surface area contributed by atoms with Gasteiger partial charge in [-0.05, 0) is 25.1 Å². The Bertz CT molecular complexity index is 1020. The highest BCUT2D eigenvalue weighted by Gasteiger charge is 2.36. The van der Waals surface area contributed by atoms with Crippen LogP contribution in [0.25, 0.3) is 4.96 Å². The first-order chi connectivity index (χ1) is 12.4. The number of rotatable bonds is 3. The van der Waals surface area contributed by atoms with Gasteiger partial charge in [-0.2, -0.15) is 26.3 Å². The van der Waals surface area contributed by atoms with Gasteiger partial charge in [-0.15, -0.1) is 11.3 Å². The molecule has 0 bridgehead atoms. The van der Waals surface area contributed by atoms with Crippen LogP contribution in [0.3, 0.4) is 0 Å². The predicted molar refractivity (Wildman–Crippen MR) is 87.8 cm³/mol. The fraction of sp³-hybridized carbons (Fsp3) is 0.250. The molecule has 1 aromatic carbocycles. The lowest BCUT2D eigenvalue weighted by atomic mass is 10.1. The van der Waals surface area contributed by atoms with Gasteiger partial charge in [0.15, 0.2) is 4.96 Å². The topological polar surface area (TPSA) is 46.4 Å². The summed E-state index contributed by atoms with van der Waals surface area (Å²) in [6, 6.07) is 2.39. The highest BCUT2D eigenvalue weighted by atomic mass is 32.1. The molecule has 0 spiro atoms. The summed E-state index contributed by atoms with van der Waals surface area (Å²) in [5, 5.41) is 4.19. The molecule has 2 aromatic heterocycles. The van der Waals surface area contributed by atoms with Crippen LogP contribution in [0.1, 0.15) is 22.5 Å². The van der Waals surface area contributed by atoms with Crippen molar-refractivity contribution in [3.8, 4) is 0 Å². The third kappa shape index (κ3) is 4.07. The minimum Gasteiger partial charge on any atom is -0.379 e. The second kappa shape index (κ2) is 6.55. The molecule has 0 aliphatic carbocycles. The van der Waals surface area contributed by atoms with Crippen molar-refractivity contribution in [3.63, 3.8) is 0 Å². The fourth-order valence-electron chi connectivity index (χ4n) is 2.44. The Labute approximate surface area is 152 Å². The maximum Gasteiger partial charge on any atom is 0.416 e. The van der Waals surface area contributed by atoms with Crippen molar-refractivity contribution in [2.45, 2.75) is 25.8 Å². The van der Waals surface area contributed by atoms with Crippen molar-refractivity contribution in [3.05, 3.63) is 62.5 Å². The standard InChI is InChI=1S/C16H11F6N3OS/c1-8-7-27-14-24-12(5-13(26)25(8)14)6-23-11-3-9(15(17,18)19)2-10(4-11)16(20,21)22/h2-5,7,23H,6H2,1H3. The van der Waals surface area contributed by atoms with E-state index in [1.54, 1.807) is 12.3 Å². The summed E-state index contributed by atoms with van der Waals surface area (Å²) in [4.78, 5) is 16.6. The summed E-state index contributed by atoms with van der Waals surface area (Å²) in [6.45, 7) is 1.51. The molecule has 1 N–H and O–H groups in total. The van der Waals surface area contributed by atoms with Gasteiger partial charge in [-0.1, -0.05) is 0 Å². The van der Waals surface area contributed by atoms with Gasteiger partial charge in [0.2, 0.25) is 0 Å². The number of nitrogens with one attached hydrogen (secondary N) is 1. The molecule has 144 valence electrons. The minimum atomic E-state index is -4.93. The van der Waals surface area contributed by atoms with Crippen LogP contribution in [-0.4, -0.2) is 9.38 Å². The van der Waals surface area contributed by atoms with Gasteiger partial charge in [-0.25, -0.2) is 4.98 Å². The van der Waals surface area contributed by atoms with Gasteiger partial charge < -0.3 is 5.32 Å². The molecule has 0 saturated carbocycles. The molecule has 0 aliphatic heterocycles. The van der Waals surface area contributed by atoms with E-state index in [0.717, 1.165) is 0 Å². The highest BCUT2D eigenvalue weighted by molar-refractivity contribution is 7.15. The fourth-order valence-corrected chi connectivity index (χ4v) is 3.33. The van der Waals surface area contributed by atoms with Crippen LogP contribution in [0.4, 0.5) is 32.0 Å². The quantitative estimate of drug-likeness (QED) is 0.640. The third-order valence-electron chi connectivity index (χ3n) is 3.69. The molecule has 3 aromatic rings. The molecule has 0 saturated heterocycles. The van der Waals surface area contributed by atoms with E-state index in [1.807, 2.05) is 0 Å². The first kappa shape index (κ1) is 19.2. The van der Waals surface area contributed by atoms with E-state index in [4.69, 9.17) is 0 Å². The zero-order valence-corrected chi connectivity index (χ0v) is 14.4. The number of aryl methyl sites for hydroxylation is 1. The number of fused-ring (bicyclic) bond motifs is 1. The van der Waals surface area contributed by atoms with E-state index in [-0.39, 0.29) is 29.6 Å². The second-order valence-electron chi connectivity index (χ2n) is 5.73. The van der Waals surface area contributed by atoms with E-state index < -0.39 is 23.5 Å². The average molecular weight is 407 g/mol. The number of hydrogen-bond acceptors (Lipinski definition) is 4. The summed E-state index contributed by atoms with van der Waals surface area (Å²) >= 11 is 1.20. The summed E-state index contributed by atoms with van der Waals surface area (Å²) < 4.78 is 78.6. The summed E-state index contributed by atoms with van der Waals surface area (Å²) in [7, 11) is 0. The first-order valence-corrected chi connectivity index (χ1v) is 8.33. The van der Waals surface area contributed by atoms with Crippen molar-refractivity contribution in [1.29, 1.82) is 0 Å². The molecule has 0 atom stereocenters. The number of hydrogen-bond donors (Lipinski definition) is 1. The lowest BCUT2D eigenvalue weighted by Crippen LogP contribution is -2.17. The molecule has 0 radical (unpaired) electrons. The number of aromatic nitrogens is 2. The Kier molecular flexibility index (Phi) is 4.66. The van der Waals surface area contributed by atoms with Crippen LogP contribution in [0.2, 0.25) is 0 Å². The van der Waals surface area contributed by atoms with Crippen LogP contribution in [0, 0.1) is 6.92 Å². The Balaban J connectivity index is 1.92. The summed E-state index contributed by atoms with van der Waals surface area (Å²) in [5.41, 5.74) is -2.71. The molecule has 0 aliphatic rings. The molecule has 11 heteroatoms. The molecule has 2 heterocycles. The van der Waals surface area contributed by atoms with Gasteiger partial charge >= 0.3 is 12.4 Å². The number of anilines is 1. The van der Waals surface area contributed by atoms with E-state index >= 15 is 0 Å². The Morgan fingerprint density at radius 3 is 2.19 bits per heavy atom. The number of nitrogens with zero attached hydrogens (tertiary/aromatic N) is 2. The van der Waals surface area contributed by atoms with Gasteiger partial charge in [0.05, 0.1) is 23.4 Å². The van der Waals surface area contributed by atoms with Crippen LogP contribution in [0.5, 0.6) is 0 Å². The Morgan fingerprint density at radius 2 is 1.63 bits per heavy atom. The predicted octanol–water partition coefficient (Wildman–Crippen LogP) is 4.71. The van der Waals surface area contributed by atoms with Gasteiger partial charge in [0.25, 0.3) is 5.56 Å². The Hall–Kier alpha value is -2.56. The van der Waals surface area contributed by atoms with Crippen LogP contribution in [-0.2, 0) is 18.9 Å². The molecular weight excluding hydrogens is 396 g/mol. The number of halogens is 6. The average Bonchev–Trinajstić information content (AvgIpc) is 2.92. The van der Waals surface area contributed by atoms with E-state index in [0.29, 0.717) is 22.8 Å². The highest BCUT2D eigenvalue weighted by Crippen LogP contribution is 2.37. The van der Waals surface area contributed by atoms with Crippen molar-refractivity contribution >= 4 is 22.0 Å². The second-order valence-corrected chi connectivity index (χ2v) is 6.57. The largest absolute Gasteiger partial charge is 0.416 e. The van der Waals surface area contributed by atoms with Crippen molar-refractivity contribution in [1.82, 2.24) is 9.38 Å². The zero-order valence-electron chi connectivity index (χ0n) is 13.6. The summed E-state index contributed by atoms with van der Waals surface area (Å²) in [5.74, 6) is 0. The van der Waals surface area contributed by atoms with Crippen LogP contribution < -0.4 is 10.9 Å². The van der Waals surface area contributed by atoms with Crippen molar-refractivity contribution < 1.29 is 26.3 Å². The SMILES string of the molecule is Cc1csc2nc(CNc3cc(C(F)(F)F)cc(C(F)(F)F)c3)cc(=O)n12. The number of alkyl halides is 6. The normalized spacial score (nSPS) is 12.6. The molecule has 4 nitrogen and oxygen atoms in total. The minimum absolute atomic E-state index is 0.0519. The number of benzene rings is 1. The lowest BCUT2D eigenvalue weighted by Gasteiger charge is -2.15. The van der Waals surface area contributed by atoms with Crippen LogP contribution in [0.15, 0.2) is 34.4 Å². The lowest BCUT2D eigenvalue weighted by molar-refractivity contribution is -0.143. The molecular formula is C16H11F6N3OS. The maximum atomic E-state index is 12.9. The third-order valence-corrected chi connectivity index (χ3v) is 4.63. The van der Waals surface area contributed by atoms with Crippen molar-refractivity contribution in [2.24, 2.45) is 0 Å². The van der Waals surface area contributed by atoms with Crippen LogP contribution >= 0.6 is 11.3 Å². The van der Waals surface area contributed by atoms with Crippen molar-refractivity contribution in [2.75, 3.05) is 5.32 Å². The molecule has 0 fully saturated rings. The monoisotopic (exact) mass is 407 g/mol. The summed E-state index contributed by atoms with van der Waals surface area (Å²) in [6.07, 6.45) is -9.86. The zero-order chi connectivity index (χ0) is 20.0. The van der Waals surface area contributed by atoms with Gasteiger partial charge in [0, 0.05) is 22.8 Å². The van der Waals surface area contributed by atoms with E-state index in [1.165, 1.54) is 21.8 Å². The van der Waals surface area contributed by atoms with Gasteiger partial charge in [-0.3, -0.25) is 9.20 Å².